The highest BCUT2D eigenvalue weighted by Crippen LogP contribution is 2.18. The average Bonchev–Trinajstić information content (AvgIpc) is 2.56. The number of hydrogen-bond donors (Lipinski definition) is 0. The molecule has 0 fully saturated rings. The van der Waals surface area contributed by atoms with Gasteiger partial charge in [-0.1, -0.05) is 19.8 Å². The third-order valence-electron chi connectivity index (χ3n) is 3.35. The van der Waals surface area contributed by atoms with Gasteiger partial charge in [0, 0.05) is 0 Å². The van der Waals surface area contributed by atoms with Crippen LogP contribution in [0.3, 0.4) is 0 Å². The summed E-state index contributed by atoms with van der Waals surface area (Å²) >= 11 is 0. The lowest BCUT2D eigenvalue weighted by Crippen LogP contribution is -2.15. The van der Waals surface area contributed by atoms with E-state index < -0.39 is 0 Å². The van der Waals surface area contributed by atoms with Gasteiger partial charge in [-0.2, -0.15) is 4.99 Å². The van der Waals surface area contributed by atoms with Gasteiger partial charge in [0.2, 0.25) is 24.3 Å². The molecule has 0 saturated carbocycles. The van der Waals surface area contributed by atoms with Crippen molar-refractivity contribution in [2.45, 2.75) is 77.4 Å². The molecule has 0 aromatic carbocycles. The zero-order valence-corrected chi connectivity index (χ0v) is 15.3. The molecule has 0 N–H and O–H groups in total. The molecule has 0 aliphatic heterocycles. The Morgan fingerprint density at radius 3 is 2.04 bits per heavy atom. The third kappa shape index (κ3) is 17.7. The normalized spacial score (nSPS) is 11.8. The topological polar surface area (TPSA) is 118 Å². The standard InChI is InChI=1S/C11H18N2O2.C6H8N2O2/c1-10(12-8-14)6-4-5-7-11(2,3)13-9-15;1-2-6(8-5-10)3-7-4-9/h10H,4-7H2,1-3H3;6H,2-3H2,1H3. The van der Waals surface area contributed by atoms with Gasteiger partial charge in [-0.3, -0.25) is 0 Å². The molecule has 2 unspecified atom stereocenters. The summed E-state index contributed by atoms with van der Waals surface area (Å²) in [5.41, 5.74) is -0.321. The molecule has 8 nitrogen and oxygen atoms in total. The van der Waals surface area contributed by atoms with E-state index in [0.717, 1.165) is 25.7 Å². The Morgan fingerprint density at radius 2 is 1.56 bits per heavy atom. The smallest absolute Gasteiger partial charge is 0.211 e. The zero-order valence-electron chi connectivity index (χ0n) is 15.3. The first-order valence-corrected chi connectivity index (χ1v) is 8.13. The SMILES string of the molecule is CC(CCCCC(C)(C)N=C=O)N=C=O.CCC(CN=C=O)N=C=O. The van der Waals surface area contributed by atoms with Crippen molar-refractivity contribution in [3.63, 3.8) is 0 Å². The number of rotatable bonds is 11. The third-order valence-corrected chi connectivity index (χ3v) is 3.35. The van der Waals surface area contributed by atoms with Gasteiger partial charge in [-0.05, 0) is 40.0 Å². The zero-order chi connectivity index (χ0) is 19.6. The Hall–Kier alpha value is -2.48. The number of aliphatic imine (C=N–C) groups is 4. The van der Waals surface area contributed by atoms with Crippen molar-refractivity contribution in [3.8, 4) is 0 Å². The second-order valence-corrected chi connectivity index (χ2v) is 6.05. The number of carbonyl (C=O) groups excluding carboxylic acids is 4. The van der Waals surface area contributed by atoms with E-state index >= 15 is 0 Å². The molecule has 0 aromatic rings. The lowest BCUT2D eigenvalue weighted by molar-refractivity contribution is 0.436. The highest BCUT2D eigenvalue weighted by atomic mass is 16.1. The van der Waals surface area contributed by atoms with Crippen molar-refractivity contribution in [1.29, 1.82) is 0 Å². The quantitative estimate of drug-likeness (QED) is 0.323. The van der Waals surface area contributed by atoms with Crippen LogP contribution in [0.2, 0.25) is 0 Å². The molecule has 0 rings (SSSR count). The molecule has 0 amide bonds. The van der Waals surface area contributed by atoms with Crippen molar-refractivity contribution >= 4 is 24.3 Å². The van der Waals surface area contributed by atoms with Crippen molar-refractivity contribution in [3.05, 3.63) is 0 Å². The first-order valence-electron chi connectivity index (χ1n) is 8.13. The van der Waals surface area contributed by atoms with Crippen LogP contribution >= 0.6 is 0 Å². The van der Waals surface area contributed by atoms with Crippen LogP contribution in [0.25, 0.3) is 0 Å². The van der Waals surface area contributed by atoms with E-state index in [1.807, 2.05) is 27.7 Å². The molecule has 0 aliphatic rings. The van der Waals surface area contributed by atoms with Crippen LogP contribution in [-0.4, -0.2) is 48.5 Å². The van der Waals surface area contributed by atoms with Crippen LogP contribution in [0.15, 0.2) is 20.0 Å². The van der Waals surface area contributed by atoms with Crippen LogP contribution < -0.4 is 0 Å². The molecule has 2 atom stereocenters. The monoisotopic (exact) mass is 350 g/mol. The number of unbranched alkanes of at least 4 members (excludes halogenated alkanes) is 1. The first-order chi connectivity index (χ1) is 11.9. The summed E-state index contributed by atoms with van der Waals surface area (Å²) in [6.07, 6.45) is 10.3. The highest BCUT2D eigenvalue weighted by molar-refractivity contribution is 5.35. The van der Waals surface area contributed by atoms with Gasteiger partial charge in [0.15, 0.2) is 0 Å². The minimum absolute atomic E-state index is 0.0418. The molecular weight excluding hydrogens is 324 g/mol. The fourth-order valence-electron chi connectivity index (χ4n) is 1.81. The molecule has 0 bridgehead atoms. The van der Waals surface area contributed by atoms with E-state index in [1.165, 1.54) is 12.2 Å². The fraction of sp³-hybridized carbons (Fsp3) is 0.765. The van der Waals surface area contributed by atoms with Crippen molar-refractivity contribution in [2.75, 3.05) is 6.54 Å². The fourth-order valence-corrected chi connectivity index (χ4v) is 1.81. The van der Waals surface area contributed by atoms with E-state index in [-0.39, 0.29) is 24.2 Å². The molecular formula is C17H26N4O4. The summed E-state index contributed by atoms with van der Waals surface area (Å²) in [7, 11) is 0. The van der Waals surface area contributed by atoms with E-state index in [2.05, 4.69) is 20.0 Å². The number of hydrogen-bond acceptors (Lipinski definition) is 8. The van der Waals surface area contributed by atoms with Gasteiger partial charge in [-0.15, -0.1) is 0 Å². The minimum Gasteiger partial charge on any atom is -0.211 e. The van der Waals surface area contributed by atoms with Crippen LogP contribution in [0.5, 0.6) is 0 Å². The van der Waals surface area contributed by atoms with E-state index in [9.17, 15) is 19.2 Å². The molecule has 0 heterocycles. The summed E-state index contributed by atoms with van der Waals surface area (Å²) in [5.74, 6) is 0. The van der Waals surface area contributed by atoms with Crippen molar-refractivity contribution in [1.82, 2.24) is 0 Å². The van der Waals surface area contributed by atoms with Gasteiger partial charge >= 0.3 is 0 Å². The molecule has 25 heavy (non-hydrogen) atoms. The second-order valence-electron chi connectivity index (χ2n) is 6.05. The predicted molar refractivity (Wildman–Crippen MR) is 93.4 cm³/mol. The average molecular weight is 350 g/mol. The van der Waals surface area contributed by atoms with Gasteiger partial charge < -0.3 is 0 Å². The summed E-state index contributed by atoms with van der Waals surface area (Å²) in [5, 5.41) is 0. The molecule has 0 aromatic heterocycles. The Kier molecular flexibility index (Phi) is 16.2. The number of isocyanates is 4. The Bertz CT molecular complexity index is 551. The number of nitrogens with zero attached hydrogens (tertiary/aromatic N) is 4. The van der Waals surface area contributed by atoms with Crippen molar-refractivity contribution in [2.24, 2.45) is 20.0 Å². The molecule has 138 valence electrons. The maximum atomic E-state index is 10.1. The molecule has 8 heteroatoms. The largest absolute Gasteiger partial charge is 0.235 e. The Labute approximate surface area is 148 Å². The van der Waals surface area contributed by atoms with Gasteiger partial charge in [0.1, 0.15) is 0 Å². The molecule has 0 spiro atoms. The van der Waals surface area contributed by atoms with E-state index in [1.54, 1.807) is 12.2 Å². The molecule has 0 aliphatic carbocycles. The van der Waals surface area contributed by atoms with Crippen LogP contribution in [0, 0.1) is 0 Å². The van der Waals surface area contributed by atoms with Gasteiger partial charge in [0.25, 0.3) is 0 Å². The summed E-state index contributed by atoms with van der Waals surface area (Å²) in [4.78, 5) is 53.3. The van der Waals surface area contributed by atoms with E-state index in [4.69, 9.17) is 0 Å². The summed E-state index contributed by atoms with van der Waals surface area (Å²) in [6, 6.07) is -0.167. The van der Waals surface area contributed by atoms with Gasteiger partial charge in [0.05, 0.1) is 24.2 Å². The maximum absolute atomic E-state index is 10.1. The van der Waals surface area contributed by atoms with Crippen LogP contribution in [0.1, 0.15) is 59.8 Å². The van der Waals surface area contributed by atoms with Crippen LogP contribution in [-0.2, 0) is 19.2 Å². The Balaban J connectivity index is 0. The lowest BCUT2D eigenvalue weighted by Gasteiger charge is -2.16. The lowest BCUT2D eigenvalue weighted by atomic mass is 9.97. The van der Waals surface area contributed by atoms with Gasteiger partial charge in [-0.25, -0.2) is 34.2 Å². The minimum atomic E-state index is -0.321. The summed E-state index contributed by atoms with van der Waals surface area (Å²) in [6.45, 7) is 7.79. The first kappa shape index (κ1) is 24.8. The molecule has 0 radical (unpaired) electrons. The van der Waals surface area contributed by atoms with Crippen LogP contribution in [0.4, 0.5) is 0 Å². The predicted octanol–water partition coefficient (Wildman–Crippen LogP) is 2.82. The highest BCUT2D eigenvalue weighted by Gasteiger charge is 2.15. The Morgan fingerprint density at radius 1 is 0.920 bits per heavy atom. The maximum Gasteiger partial charge on any atom is 0.235 e. The van der Waals surface area contributed by atoms with E-state index in [0.29, 0.717) is 6.42 Å². The molecule has 0 saturated heterocycles. The van der Waals surface area contributed by atoms with Crippen molar-refractivity contribution < 1.29 is 19.2 Å². The summed E-state index contributed by atoms with van der Waals surface area (Å²) < 4.78 is 0. The second kappa shape index (κ2) is 16.4.